The molecule has 0 radical (unpaired) electrons. The number of aromatic hydroxyl groups is 2. The molecule has 1 fully saturated rings. The SMILES string of the molecule is CC1=C(c2ccc(F)c(O)c2)C(c2ccc(OCC(C)N3CCC(C)C3)cc2)Oc2ccc(O)cc21. The van der Waals surface area contributed by atoms with Crippen LogP contribution in [0.5, 0.6) is 23.0 Å². The Morgan fingerprint density at radius 1 is 1.08 bits per heavy atom. The highest BCUT2D eigenvalue weighted by atomic mass is 19.1. The topological polar surface area (TPSA) is 62.2 Å². The largest absolute Gasteiger partial charge is 0.508 e. The van der Waals surface area contributed by atoms with Crippen molar-refractivity contribution in [2.75, 3.05) is 19.7 Å². The van der Waals surface area contributed by atoms with Crippen molar-refractivity contribution in [3.63, 3.8) is 0 Å². The van der Waals surface area contributed by atoms with Gasteiger partial charge in [0.1, 0.15) is 30.0 Å². The first-order valence-corrected chi connectivity index (χ1v) is 12.5. The minimum absolute atomic E-state index is 0.135. The maximum Gasteiger partial charge on any atom is 0.164 e. The minimum Gasteiger partial charge on any atom is -0.508 e. The highest BCUT2D eigenvalue weighted by Crippen LogP contribution is 2.48. The summed E-state index contributed by atoms with van der Waals surface area (Å²) in [4.78, 5) is 2.47. The van der Waals surface area contributed by atoms with Gasteiger partial charge < -0.3 is 19.7 Å². The molecule has 0 aromatic heterocycles. The molecule has 0 aliphatic carbocycles. The van der Waals surface area contributed by atoms with Gasteiger partial charge >= 0.3 is 0 Å². The van der Waals surface area contributed by atoms with Crippen LogP contribution in [0.2, 0.25) is 0 Å². The van der Waals surface area contributed by atoms with E-state index in [4.69, 9.17) is 9.47 Å². The zero-order valence-electron chi connectivity index (χ0n) is 20.9. The standard InChI is InChI=1S/C30H32FNO4/c1-18-12-13-32(16-18)19(2)17-35-24-8-4-21(5-9-24)30-29(22-6-10-26(31)27(34)14-22)20(3)25-15-23(33)7-11-28(25)36-30/h4-11,14-15,18-19,30,33-34H,12-13,16-17H2,1-3H3. The van der Waals surface area contributed by atoms with Crippen molar-refractivity contribution in [1.82, 2.24) is 4.90 Å². The molecule has 0 amide bonds. The number of halogens is 1. The first-order chi connectivity index (χ1) is 17.3. The van der Waals surface area contributed by atoms with E-state index in [-0.39, 0.29) is 5.75 Å². The molecule has 5 nitrogen and oxygen atoms in total. The Morgan fingerprint density at radius 3 is 2.56 bits per heavy atom. The Hall–Kier alpha value is -3.51. The highest BCUT2D eigenvalue weighted by molar-refractivity contribution is 5.95. The number of phenols is 2. The van der Waals surface area contributed by atoms with E-state index in [1.165, 1.54) is 18.6 Å². The van der Waals surface area contributed by atoms with Crippen LogP contribution in [0.3, 0.4) is 0 Å². The summed E-state index contributed by atoms with van der Waals surface area (Å²) in [6.07, 6.45) is 0.760. The van der Waals surface area contributed by atoms with E-state index in [1.54, 1.807) is 24.3 Å². The summed E-state index contributed by atoms with van der Waals surface area (Å²) < 4.78 is 26.3. The summed E-state index contributed by atoms with van der Waals surface area (Å²) >= 11 is 0. The van der Waals surface area contributed by atoms with Gasteiger partial charge in [-0.2, -0.15) is 0 Å². The molecular weight excluding hydrogens is 457 g/mol. The van der Waals surface area contributed by atoms with E-state index in [0.717, 1.165) is 47.0 Å². The molecule has 5 rings (SSSR count). The fraction of sp³-hybridized carbons (Fsp3) is 0.333. The lowest BCUT2D eigenvalue weighted by molar-refractivity contribution is 0.169. The highest BCUT2D eigenvalue weighted by Gasteiger charge is 2.30. The average molecular weight is 490 g/mol. The summed E-state index contributed by atoms with van der Waals surface area (Å²) in [5, 5.41) is 20.1. The predicted molar refractivity (Wildman–Crippen MR) is 139 cm³/mol. The second-order valence-corrected chi connectivity index (χ2v) is 10.0. The van der Waals surface area contributed by atoms with Gasteiger partial charge in [-0.15, -0.1) is 0 Å². The lowest BCUT2D eigenvalue weighted by Crippen LogP contribution is -2.35. The van der Waals surface area contributed by atoms with Crippen LogP contribution >= 0.6 is 0 Å². The van der Waals surface area contributed by atoms with E-state index in [0.29, 0.717) is 24.0 Å². The third-order valence-corrected chi connectivity index (χ3v) is 7.29. The lowest BCUT2D eigenvalue weighted by Gasteiger charge is -2.31. The fourth-order valence-corrected chi connectivity index (χ4v) is 5.15. The maximum absolute atomic E-state index is 13.8. The van der Waals surface area contributed by atoms with Gasteiger partial charge in [0.25, 0.3) is 0 Å². The normalized spacial score (nSPS) is 20.7. The van der Waals surface area contributed by atoms with Crippen LogP contribution in [0.1, 0.15) is 50.0 Å². The second-order valence-electron chi connectivity index (χ2n) is 10.0. The summed E-state index contributed by atoms with van der Waals surface area (Å²) in [6, 6.07) is 17.5. The van der Waals surface area contributed by atoms with Crippen molar-refractivity contribution in [2.24, 2.45) is 5.92 Å². The van der Waals surface area contributed by atoms with E-state index in [9.17, 15) is 14.6 Å². The van der Waals surface area contributed by atoms with Crippen LogP contribution in [0.4, 0.5) is 4.39 Å². The molecule has 36 heavy (non-hydrogen) atoms. The quantitative estimate of drug-likeness (QED) is 0.419. The Kier molecular flexibility index (Phi) is 6.63. The number of hydrogen-bond acceptors (Lipinski definition) is 5. The Bertz CT molecular complexity index is 1290. The van der Waals surface area contributed by atoms with Crippen molar-refractivity contribution in [2.45, 2.75) is 39.3 Å². The van der Waals surface area contributed by atoms with Gasteiger partial charge in [-0.25, -0.2) is 4.39 Å². The Balaban J connectivity index is 1.42. The summed E-state index contributed by atoms with van der Waals surface area (Å²) in [5.41, 5.74) is 4.00. The van der Waals surface area contributed by atoms with Crippen molar-refractivity contribution in [3.8, 4) is 23.0 Å². The summed E-state index contributed by atoms with van der Waals surface area (Å²) in [7, 11) is 0. The third-order valence-electron chi connectivity index (χ3n) is 7.29. The monoisotopic (exact) mass is 489 g/mol. The summed E-state index contributed by atoms with van der Waals surface area (Å²) in [6.45, 7) is 9.31. The first kappa shape index (κ1) is 24.2. The number of phenolic OH excluding ortho intramolecular Hbond substituents is 2. The van der Waals surface area contributed by atoms with E-state index < -0.39 is 17.7 Å². The van der Waals surface area contributed by atoms with Crippen LogP contribution < -0.4 is 9.47 Å². The third kappa shape index (κ3) is 4.78. The molecule has 2 N–H and O–H groups in total. The number of rotatable bonds is 6. The van der Waals surface area contributed by atoms with Gasteiger partial charge in [0.15, 0.2) is 11.6 Å². The number of fused-ring (bicyclic) bond motifs is 1. The van der Waals surface area contributed by atoms with Crippen LogP contribution in [0.15, 0.2) is 60.7 Å². The fourth-order valence-electron chi connectivity index (χ4n) is 5.15. The lowest BCUT2D eigenvalue weighted by atomic mass is 9.86. The summed E-state index contributed by atoms with van der Waals surface area (Å²) in [5.74, 6) is 1.22. The van der Waals surface area contributed by atoms with Gasteiger partial charge in [0.2, 0.25) is 0 Å². The van der Waals surface area contributed by atoms with Gasteiger partial charge in [-0.3, -0.25) is 4.90 Å². The molecule has 2 heterocycles. The van der Waals surface area contributed by atoms with Gasteiger partial charge in [0, 0.05) is 23.7 Å². The first-order valence-electron chi connectivity index (χ1n) is 12.5. The average Bonchev–Trinajstić information content (AvgIpc) is 3.31. The molecule has 3 aromatic carbocycles. The van der Waals surface area contributed by atoms with Gasteiger partial charge in [0.05, 0.1) is 0 Å². The van der Waals surface area contributed by atoms with Crippen LogP contribution in [0.25, 0.3) is 11.1 Å². The smallest absolute Gasteiger partial charge is 0.164 e. The molecule has 3 unspecified atom stereocenters. The molecular formula is C30H32FNO4. The molecule has 0 spiro atoms. The molecule has 6 heteroatoms. The number of allylic oxidation sites excluding steroid dienone is 1. The van der Waals surface area contributed by atoms with Crippen molar-refractivity contribution in [1.29, 1.82) is 0 Å². The number of ether oxygens (including phenoxy) is 2. The second kappa shape index (κ2) is 9.86. The van der Waals surface area contributed by atoms with Crippen molar-refractivity contribution >= 4 is 11.1 Å². The van der Waals surface area contributed by atoms with E-state index in [2.05, 4.69) is 18.7 Å². The molecule has 2 aliphatic heterocycles. The molecule has 3 aromatic rings. The van der Waals surface area contributed by atoms with E-state index >= 15 is 0 Å². The number of benzene rings is 3. The van der Waals surface area contributed by atoms with Gasteiger partial charge in [-0.05, 0) is 91.9 Å². The molecule has 0 bridgehead atoms. The Labute approximate surface area is 211 Å². The minimum atomic E-state index is -0.678. The van der Waals surface area contributed by atoms with Crippen LogP contribution in [-0.2, 0) is 0 Å². The van der Waals surface area contributed by atoms with Crippen molar-refractivity contribution in [3.05, 3.63) is 83.2 Å². The predicted octanol–water partition coefficient (Wildman–Crippen LogP) is 6.41. The molecule has 0 saturated carbocycles. The number of nitrogens with zero attached hydrogens (tertiary/aromatic N) is 1. The van der Waals surface area contributed by atoms with Crippen LogP contribution in [-0.4, -0.2) is 40.9 Å². The molecule has 2 aliphatic rings. The van der Waals surface area contributed by atoms with Crippen LogP contribution in [0, 0.1) is 11.7 Å². The zero-order valence-corrected chi connectivity index (χ0v) is 20.9. The van der Waals surface area contributed by atoms with E-state index in [1.807, 2.05) is 31.2 Å². The Morgan fingerprint density at radius 2 is 1.86 bits per heavy atom. The number of hydrogen-bond donors (Lipinski definition) is 2. The number of likely N-dealkylation sites (tertiary alicyclic amines) is 1. The van der Waals surface area contributed by atoms with Gasteiger partial charge in [-0.1, -0.05) is 25.1 Å². The molecule has 3 atom stereocenters. The van der Waals surface area contributed by atoms with Crippen molar-refractivity contribution < 1.29 is 24.1 Å². The molecule has 188 valence electrons. The maximum atomic E-state index is 13.8. The molecule has 1 saturated heterocycles. The zero-order chi connectivity index (χ0) is 25.4.